The summed E-state index contributed by atoms with van der Waals surface area (Å²) in [6.45, 7) is 1.91. The maximum absolute atomic E-state index is 13.9. The van der Waals surface area contributed by atoms with Crippen LogP contribution in [-0.4, -0.2) is 20.2 Å². The minimum absolute atomic E-state index is 0.200. The molecular formula is C12H16FNO. The fourth-order valence-electron chi connectivity index (χ4n) is 2.12. The van der Waals surface area contributed by atoms with Crippen LogP contribution >= 0.6 is 0 Å². The molecule has 1 N–H and O–H groups in total. The summed E-state index contributed by atoms with van der Waals surface area (Å²) in [5, 5.41) is 3.29. The number of hydrogen-bond acceptors (Lipinski definition) is 2. The summed E-state index contributed by atoms with van der Waals surface area (Å²) in [7, 11) is 1.50. The van der Waals surface area contributed by atoms with E-state index < -0.39 is 0 Å². The first-order chi connectivity index (χ1) is 7.33. The Labute approximate surface area is 89.4 Å². The van der Waals surface area contributed by atoms with Crippen molar-refractivity contribution >= 4 is 0 Å². The van der Waals surface area contributed by atoms with Crippen molar-refractivity contribution in [2.45, 2.75) is 18.8 Å². The first-order valence-corrected chi connectivity index (χ1v) is 5.36. The molecular weight excluding hydrogens is 193 g/mol. The topological polar surface area (TPSA) is 21.3 Å². The first-order valence-electron chi connectivity index (χ1n) is 5.36. The second-order valence-electron chi connectivity index (χ2n) is 3.91. The molecule has 0 aliphatic carbocycles. The van der Waals surface area contributed by atoms with Crippen LogP contribution in [0.5, 0.6) is 5.75 Å². The first kappa shape index (κ1) is 10.4. The lowest BCUT2D eigenvalue weighted by Crippen LogP contribution is -2.28. The van der Waals surface area contributed by atoms with Gasteiger partial charge in [-0.25, -0.2) is 4.39 Å². The number of hydrogen-bond donors (Lipinski definition) is 1. The van der Waals surface area contributed by atoms with Gasteiger partial charge < -0.3 is 10.1 Å². The quantitative estimate of drug-likeness (QED) is 0.807. The Hall–Kier alpha value is -1.09. The van der Waals surface area contributed by atoms with E-state index in [0.717, 1.165) is 31.5 Å². The van der Waals surface area contributed by atoms with Crippen LogP contribution in [0.3, 0.4) is 0 Å². The predicted molar refractivity (Wildman–Crippen MR) is 57.8 cm³/mol. The van der Waals surface area contributed by atoms with Crippen molar-refractivity contribution in [3.63, 3.8) is 0 Å². The molecule has 0 radical (unpaired) electrons. The van der Waals surface area contributed by atoms with E-state index in [-0.39, 0.29) is 11.7 Å². The highest BCUT2D eigenvalue weighted by molar-refractivity contribution is 5.33. The van der Waals surface area contributed by atoms with Crippen LogP contribution in [0.1, 0.15) is 24.3 Å². The second-order valence-corrected chi connectivity index (χ2v) is 3.91. The lowest BCUT2D eigenvalue weighted by atomic mass is 9.91. The Kier molecular flexibility index (Phi) is 3.21. The SMILES string of the molecule is COc1cccc(C2CCCNC2)c1F. The molecule has 0 amide bonds. The summed E-state index contributed by atoms with van der Waals surface area (Å²) >= 11 is 0. The third-order valence-electron chi connectivity index (χ3n) is 2.95. The van der Waals surface area contributed by atoms with E-state index in [0.29, 0.717) is 5.75 Å². The highest BCUT2D eigenvalue weighted by Crippen LogP contribution is 2.29. The van der Waals surface area contributed by atoms with Gasteiger partial charge in [-0.15, -0.1) is 0 Å². The van der Waals surface area contributed by atoms with Gasteiger partial charge in [0, 0.05) is 6.54 Å². The standard InChI is InChI=1S/C12H16FNO/c1-15-11-6-2-5-10(12(11)13)9-4-3-7-14-8-9/h2,5-6,9,14H,3-4,7-8H2,1H3. The zero-order chi connectivity index (χ0) is 10.7. The van der Waals surface area contributed by atoms with E-state index in [1.807, 2.05) is 12.1 Å². The molecule has 1 aliphatic rings. The number of halogens is 1. The lowest BCUT2D eigenvalue weighted by molar-refractivity contribution is 0.376. The van der Waals surface area contributed by atoms with Gasteiger partial charge in [-0.2, -0.15) is 0 Å². The Morgan fingerprint density at radius 2 is 2.33 bits per heavy atom. The summed E-state index contributed by atoms with van der Waals surface area (Å²) in [5.41, 5.74) is 0.779. The number of nitrogens with one attached hydrogen (secondary N) is 1. The molecule has 1 fully saturated rings. The van der Waals surface area contributed by atoms with E-state index in [4.69, 9.17) is 4.74 Å². The van der Waals surface area contributed by atoms with Crippen LogP contribution in [0.15, 0.2) is 18.2 Å². The summed E-state index contributed by atoms with van der Waals surface area (Å²) in [6.07, 6.45) is 2.17. The number of rotatable bonds is 2. The van der Waals surface area contributed by atoms with E-state index in [9.17, 15) is 4.39 Å². The molecule has 1 aromatic carbocycles. The Morgan fingerprint density at radius 3 is 3.00 bits per heavy atom. The predicted octanol–water partition coefficient (Wildman–Crippen LogP) is 2.30. The summed E-state index contributed by atoms with van der Waals surface area (Å²) in [6, 6.07) is 5.37. The van der Waals surface area contributed by atoms with Crippen molar-refractivity contribution in [1.82, 2.24) is 5.32 Å². The Morgan fingerprint density at radius 1 is 1.47 bits per heavy atom. The molecule has 1 aliphatic heterocycles. The van der Waals surface area contributed by atoms with Gasteiger partial charge in [0.05, 0.1) is 7.11 Å². The number of methoxy groups -OCH3 is 1. The third kappa shape index (κ3) is 2.12. The molecule has 0 spiro atoms. The van der Waals surface area contributed by atoms with Gasteiger partial charge in [0.15, 0.2) is 11.6 Å². The number of piperidine rings is 1. The number of ether oxygens (including phenoxy) is 1. The maximum atomic E-state index is 13.9. The molecule has 1 atom stereocenters. The summed E-state index contributed by atoms with van der Waals surface area (Å²) < 4.78 is 18.9. The van der Waals surface area contributed by atoms with Gasteiger partial charge in [-0.05, 0) is 36.9 Å². The molecule has 2 rings (SSSR count). The average molecular weight is 209 g/mol. The fraction of sp³-hybridized carbons (Fsp3) is 0.500. The van der Waals surface area contributed by atoms with Gasteiger partial charge in [0.1, 0.15) is 0 Å². The van der Waals surface area contributed by atoms with Gasteiger partial charge in [-0.3, -0.25) is 0 Å². The van der Waals surface area contributed by atoms with E-state index in [2.05, 4.69) is 5.32 Å². The molecule has 1 saturated heterocycles. The molecule has 82 valence electrons. The van der Waals surface area contributed by atoms with Crippen molar-refractivity contribution in [3.8, 4) is 5.75 Å². The smallest absolute Gasteiger partial charge is 0.168 e. The second kappa shape index (κ2) is 4.62. The van der Waals surface area contributed by atoms with Gasteiger partial charge >= 0.3 is 0 Å². The van der Waals surface area contributed by atoms with Crippen LogP contribution in [0.4, 0.5) is 4.39 Å². The van der Waals surface area contributed by atoms with E-state index in [1.54, 1.807) is 6.07 Å². The van der Waals surface area contributed by atoms with E-state index >= 15 is 0 Å². The van der Waals surface area contributed by atoms with Crippen molar-refractivity contribution in [2.75, 3.05) is 20.2 Å². The molecule has 2 nitrogen and oxygen atoms in total. The van der Waals surface area contributed by atoms with Crippen LogP contribution in [0.25, 0.3) is 0 Å². The normalized spacial score (nSPS) is 21.3. The van der Waals surface area contributed by atoms with Crippen LogP contribution in [-0.2, 0) is 0 Å². The molecule has 1 heterocycles. The van der Waals surface area contributed by atoms with Gasteiger partial charge in [0.2, 0.25) is 0 Å². The largest absolute Gasteiger partial charge is 0.494 e. The van der Waals surface area contributed by atoms with Crippen LogP contribution in [0, 0.1) is 5.82 Å². The minimum atomic E-state index is -0.200. The minimum Gasteiger partial charge on any atom is -0.494 e. The zero-order valence-electron chi connectivity index (χ0n) is 8.92. The molecule has 0 saturated carbocycles. The molecule has 1 unspecified atom stereocenters. The van der Waals surface area contributed by atoms with Gasteiger partial charge in [0.25, 0.3) is 0 Å². The third-order valence-corrected chi connectivity index (χ3v) is 2.95. The summed E-state index contributed by atoms with van der Waals surface area (Å²) in [5.74, 6) is 0.431. The molecule has 1 aromatic rings. The Bertz CT molecular complexity index is 334. The summed E-state index contributed by atoms with van der Waals surface area (Å²) in [4.78, 5) is 0. The number of benzene rings is 1. The Balaban J connectivity index is 2.26. The van der Waals surface area contributed by atoms with Crippen LogP contribution < -0.4 is 10.1 Å². The fourth-order valence-corrected chi connectivity index (χ4v) is 2.12. The average Bonchev–Trinajstić information content (AvgIpc) is 2.30. The maximum Gasteiger partial charge on any atom is 0.168 e. The van der Waals surface area contributed by atoms with E-state index in [1.165, 1.54) is 7.11 Å². The lowest BCUT2D eigenvalue weighted by Gasteiger charge is -2.23. The monoisotopic (exact) mass is 209 g/mol. The van der Waals surface area contributed by atoms with Crippen molar-refractivity contribution in [3.05, 3.63) is 29.6 Å². The van der Waals surface area contributed by atoms with Crippen LogP contribution in [0.2, 0.25) is 0 Å². The highest BCUT2D eigenvalue weighted by atomic mass is 19.1. The van der Waals surface area contributed by atoms with Crippen molar-refractivity contribution < 1.29 is 9.13 Å². The molecule has 0 bridgehead atoms. The zero-order valence-corrected chi connectivity index (χ0v) is 8.92. The van der Waals surface area contributed by atoms with Gasteiger partial charge in [-0.1, -0.05) is 12.1 Å². The molecule has 15 heavy (non-hydrogen) atoms. The highest BCUT2D eigenvalue weighted by Gasteiger charge is 2.20. The molecule has 3 heteroatoms. The molecule has 0 aromatic heterocycles. The van der Waals surface area contributed by atoms with Crippen molar-refractivity contribution in [1.29, 1.82) is 0 Å². The van der Waals surface area contributed by atoms with Crippen molar-refractivity contribution in [2.24, 2.45) is 0 Å².